The Morgan fingerprint density at radius 2 is 1.78 bits per heavy atom. The van der Waals surface area contributed by atoms with Crippen LogP contribution >= 0.6 is 23.8 Å². The van der Waals surface area contributed by atoms with E-state index in [2.05, 4.69) is 46.4 Å². The zero-order chi connectivity index (χ0) is 16.2. The minimum absolute atomic E-state index is 0.266. The number of thiocarbonyl (C=S) groups is 1. The second kappa shape index (κ2) is 7.30. The minimum Gasteiger partial charge on any atom is -0.339 e. The molecule has 2 aromatic carbocycles. The third-order valence-corrected chi connectivity index (χ3v) is 4.71. The lowest BCUT2D eigenvalue weighted by atomic mass is 10.0. The summed E-state index contributed by atoms with van der Waals surface area (Å²) in [6.07, 6.45) is 0. The Labute approximate surface area is 147 Å². The van der Waals surface area contributed by atoms with E-state index in [-0.39, 0.29) is 6.04 Å². The van der Waals surface area contributed by atoms with Crippen molar-refractivity contribution in [1.29, 1.82) is 0 Å². The number of halogens is 1. The van der Waals surface area contributed by atoms with E-state index in [4.69, 9.17) is 23.8 Å². The first-order valence-electron chi connectivity index (χ1n) is 7.70. The molecule has 1 saturated heterocycles. The zero-order valence-corrected chi connectivity index (χ0v) is 14.6. The molecule has 0 aromatic heterocycles. The van der Waals surface area contributed by atoms with Gasteiger partial charge in [-0.3, -0.25) is 0 Å². The molecule has 0 unspecified atom stereocenters. The van der Waals surface area contributed by atoms with Gasteiger partial charge in [0.15, 0.2) is 5.11 Å². The van der Waals surface area contributed by atoms with Crippen LogP contribution in [0, 0.1) is 0 Å². The number of benzene rings is 2. The Morgan fingerprint density at radius 1 is 1.09 bits per heavy atom. The lowest BCUT2D eigenvalue weighted by molar-refractivity contribution is 0.153. The van der Waals surface area contributed by atoms with Crippen molar-refractivity contribution in [2.75, 3.05) is 32.0 Å². The summed E-state index contributed by atoms with van der Waals surface area (Å²) >= 11 is 11.6. The maximum atomic E-state index is 5.94. The molecule has 3 rings (SSSR count). The number of likely N-dealkylation sites (N-methyl/N-ethyl adjacent to an activating group) is 1. The number of hydrogen-bond donors (Lipinski definition) is 1. The molecule has 0 spiro atoms. The van der Waals surface area contributed by atoms with E-state index in [1.165, 1.54) is 5.56 Å². The van der Waals surface area contributed by atoms with Crippen LogP contribution in [0.15, 0.2) is 54.6 Å². The fourth-order valence-corrected chi connectivity index (χ4v) is 3.31. The van der Waals surface area contributed by atoms with Gasteiger partial charge in [0.1, 0.15) is 0 Å². The quantitative estimate of drug-likeness (QED) is 0.828. The van der Waals surface area contributed by atoms with Crippen LogP contribution in [0.2, 0.25) is 5.02 Å². The summed E-state index contributed by atoms with van der Waals surface area (Å²) in [5.74, 6) is 0. The van der Waals surface area contributed by atoms with Gasteiger partial charge in [0, 0.05) is 30.3 Å². The first-order valence-corrected chi connectivity index (χ1v) is 8.49. The maximum absolute atomic E-state index is 5.94. The Kier molecular flexibility index (Phi) is 5.16. The molecule has 1 heterocycles. The van der Waals surface area contributed by atoms with Gasteiger partial charge in [-0.2, -0.15) is 0 Å². The fourth-order valence-electron chi connectivity index (χ4n) is 2.85. The molecular weight excluding hydrogens is 326 g/mol. The van der Waals surface area contributed by atoms with Gasteiger partial charge in [-0.15, -0.1) is 0 Å². The van der Waals surface area contributed by atoms with E-state index < -0.39 is 0 Å². The molecule has 0 aliphatic carbocycles. The Hall–Kier alpha value is -1.62. The van der Waals surface area contributed by atoms with Crippen LogP contribution in [-0.2, 0) is 0 Å². The van der Waals surface area contributed by atoms with E-state index in [1.807, 2.05) is 30.3 Å². The summed E-state index contributed by atoms with van der Waals surface area (Å²) in [6.45, 7) is 2.88. The van der Waals surface area contributed by atoms with Gasteiger partial charge in [0.2, 0.25) is 0 Å². The molecule has 1 atom stereocenters. The smallest absolute Gasteiger partial charge is 0.174 e. The molecular formula is C18H20ClN3S. The van der Waals surface area contributed by atoms with Crippen LogP contribution in [0.25, 0.3) is 0 Å². The summed E-state index contributed by atoms with van der Waals surface area (Å²) in [6, 6.07) is 18.4. The summed E-state index contributed by atoms with van der Waals surface area (Å²) < 4.78 is 0. The SMILES string of the molecule is CN1CCN(C(=S)Nc2ccc(Cl)cc2)[C@H](c2ccccc2)C1. The first-order chi connectivity index (χ1) is 11.1. The fraction of sp³-hybridized carbons (Fsp3) is 0.278. The van der Waals surface area contributed by atoms with Crippen LogP contribution in [0.3, 0.4) is 0 Å². The predicted molar refractivity (Wildman–Crippen MR) is 101 cm³/mol. The molecule has 120 valence electrons. The number of hydrogen-bond acceptors (Lipinski definition) is 2. The van der Waals surface area contributed by atoms with Crippen LogP contribution in [0.1, 0.15) is 11.6 Å². The Bertz CT molecular complexity index is 660. The van der Waals surface area contributed by atoms with Crippen molar-refractivity contribution < 1.29 is 0 Å². The van der Waals surface area contributed by atoms with E-state index in [0.717, 1.165) is 35.5 Å². The Balaban J connectivity index is 1.78. The largest absolute Gasteiger partial charge is 0.339 e. The number of nitrogens with zero attached hydrogens (tertiary/aromatic N) is 2. The molecule has 23 heavy (non-hydrogen) atoms. The highest BCUT2D eigenvalue weighted by Crippen LogP contribution is 2.26. The van der Waals surface area contributed by atoms with E-state index in [9.17, 15) is 0 Å². The third kappa shape index (κ3) is 4.02. The Morgan fingerprint density at radius 3 is 2.48 bits per heavy atom. The molecule has 0 saturated carbocycles. The number of anilines is 1. The summed E-state index contributed by atoms with van der Waals surface area (Å²) in [4.78, 5) is 4.62. The van der Waals surface area contributed by atoms with Gasteiger partial charge in [-0.1, -0.05) is 41.9 Å². The second-order valence-electron chi connectivity index (χ2n) is 5.82. The lowest BCUT2D eigenvalue weighted by Crippen LogP contribution is -2.50. The van der Waals surface area contributed by atoms with Crippen molar-refractivity contribution >= 4 is 34.6 Å². The molecule has 1 aliphatic rings. The van der Waals surface area contributed by atoms with Crippen molar-refractivity contribution in [1.82, 2.24) is 9.80 Å². The van der Waals surface area contributed by atoms with Gasteiger partial charge in [-0.25, -0.2) is 0 Å². The third-order valence-electron chi connectivity index (χ3n) is 4.12. The first kappa shape index (κ1) is 16.2. The van der Waals surface area contributed by atoms with Crippen molar-refractivity contribution in [2.45, 2.75) is 6.04 Å². The van der Waals surface area contributed by atoms with Crippen LogP contribution in [0.4, 0.5) is 5.69 Å². The molecule has 0 amide bonds. The lowest BCUT2D eigenvalue weighted by Gasteiger charge is -2.41. The minimum atomic E-state index is 0.266. The van der Waals surface area contributed by atoms with Crippen molar-refractivity contribution in [3.63, 3.8) is 0 Å². The highest BCUT2D eigenvalue weighted by atomic mass is 35.5. The van der Waals surface area contributed by atoms with E-state index in [0.29, 0.717) is 0 Å². The van der Waals surface area contributed by atoms with Gasteiger partial charge in [0.25, 0.3) is 0 Å². The van der Waals surface area contributed by atoms with Crippen LogP contribution in [-0.4, -0.2) is 41.6 Å². The average molecular weight is 346 g/mol. The standard InChI is InChI=1S/C18H20ClN3S/c1-21-11-12-22(17(13-21)14-5-3-2-4-6-14)18(23)20-16-9-7-15(19)8-10-16/h2-10,17H,11-13H2,1H3,(H,20,23)/t17-/m0/s1. The average Bonchev–Trinajstić information content (AvgIpc) is 2.57. The van der Waals surface area contributed by atoms with E-state index >= 15 is 0 Å². The normalized spacial score (nSPS) is 18.7. The molecule has 3 nitrogen and oxygen atoms in total. The van der Waals surface area contributed by atoms with E-state index in [1.54, 1.807) is 0 Å². The molecule has 1 N–H and O–H groups in total. The molecule has 2 aromatic rings. The topological polar surface area (TPSA) is 18.5 Å². The van der Waals surface area contributed by atoms with Crippen LogP contribution < -0.4 is 5.32 Å². The molecule has 5 heteroatoms. The summed E-state index contributed by atoms with van der Waals surface area (Å²) in [5.41, 5.74) is 2.25. The van der Waals surface area contributed by atoms with Gasteiger partial charge in [0.05, 0.1) is 6.04 Å². The van der Waals surface area contributed by atoms with Crippen molar-refractivity contribution in [2.24, 2.45) is 0 Å². The highest BCUT2D eigenvalue weighted by molar-refractivity contribution is 7.80. The summed E-state index contributed by atoms with van der Waals surface area (Å²) in [7, 11) is 2.16. The molecule has 0 radical (unpaired) electrons. The maximum Gasteiger partial charge on any atom is 0.174 e. The number of nitrogens with one attached hydrogen (secondary N) is 1. The molecule has 1 aliphatic heterocycles. The van der Waals surface area contributed by atoms with Crippen LogP contribution in [0.5, 0.6) is 0 Å². The zero-order valence-electron chi connectivity index (χ0n) is 13.1. The number of rotatable bonds is 2. The van der Waals surface area contributed by atoms with Crippen molar-refractivity contribution in [3.8, 4) is 0 Å². The van der Waals surface area contributed by atoms with Gasteiger partial charge in [-0.05, 0) is 49.1 Å². The highest BCUT2D eigenvalue weighted by Gasteiger charge is 2.28. The second-order valence-corrected chi connectivity index (χ2v) is 6.64. The van der Waals surface area contributed by atoms with Gasteiger partial charge >= 0.3 is 0 Å². The van der Waals surface area contributed by atoms with Crippen molar-refractivity contribution in [3.05, 3.63) is 65.2 Å². The number of piperazine rings is 1. The molecule has 1 fully saturated rings. The van der Waals surface area contributed by atoms with Gasteiger partial charge < -0.3 is 15.1 Å². The summed E-state index contributed by atoms with van der Waals surface area (Å²) in [5, 5.41) is 4.82. The molecule has 0 bridgehead atoms. The monoisotopic (exact) mass is 345 g/mol. The predicted octanol–water partition coefficient (Wildman–Crippen LogP) is 4.03.